The first-order chi connectivity index (χ1) is 8.05. The van der Waals surface area contributed by atoms with Crippen molar-refractivity contribution in [3.05, 3.63) is 12.3 Å². The summed E-state index contributed by atoms with van der Waals surface area (Å²) in [4.78, 5) is 4.36. The molecule has 18 heavy (non-hydrogen) atoms. The van der Waals surface area contributed by atoms with E-state index in [4.69, 9.17) is 16.3 Å². The van der Waals surface area contributed by atoms with Crippen molar-refractivity contribution in [3.63, 3.8) is 0 Å². The summed E-state index contributed by atoms with van der Waals surface area (Å²) in [6, 6.07) is 0. The second-order valence-electron chi connectivity index (χ2n) is 5.63. The highest BCUT2D eigenvalue weighted by Crippen LogP contribution is 2.30. The largest absolute Gasteiger partial charge is 0.597 e. The van der Waals surface area contributed by atoms with Crippen LogP contribution in [0.5, 0.6) is 0 Å². The molecule has 1 unspecified atom stereocenters. The highest BCUT2D eigenvalue weighted by Gasteiger charge is 2.43. The van der Waals surface area contributed by atoms with Gasteiger partial charge >= 0.3 is 0 Å². The molecule has 0 aromatic rings. The van der Waals surface area contributed by atoms with E-state index in [9.17, 15) is 4.55 Å². The van der Waals surface area contributed by atoms with E-state index in [-0.39, 0.29) is 9.92 Å². The summed E-state index contributed by atoms with van der Waals surface area (Å²) in [7, 11) is 0. The molecule has 0 amide bonds. The molecular weight excluding hydrogens is 272 g/mol. The summed E-state index contributed by atoms with van der Waals surface area (Å²) in [5.74, 6) is 0.367. The minimum absolute atomic E-state index is 0.232. The van der Waals surface area contributed by atoms with E-state index in [1.54, 1.807) is 0 Å². The zero-order chi connectivity index (χ0) is 14.1. The maximum absolute atomic E-state index is 12.5. The summed E-state index contributed by atoms with van der Waals surface area (Å²) in [6.07, 6.45) is 0. The van der Waals surface area contributed by atoms with Gasteiger partial charge in [-0.25, -0.2) is 4.99 Å². The standard InChI is InChI=1S/C12H21ClN2O2S/c1-9-10(13)14-12(5,6)15(7-8-17-9)18(16)11(2,3)4/h1,7-8H2,2-6H3. The lowest BCUT2D eigenvalue weighted by Gasteiger charge is -2.40. The molecule has 104 valence electrons. The number of halogens is 1. The predicted molar refractivity (Wildman–Crippen MR) is 77.1 cm³/mol. The van der Waals surface area contributed by atoms with Crippen molar-refractivity contribution in [1.29, 1.82) is 0 Å². The van der Waals surface area contributed by atoms with Crippen LogP contribution in [0.1, 0.15) is 34.6 Å². The molecule has 0 aliphatic carbocycles. The van der Waals surface area contributed by atoms with Crippen LogP contribution in [0.2, 0.25) is 0 Å². The van der Waals surface area contributed by atoms with Crippen molar-refractivity contribution in [1.82, 2.24) is 4.31 Å². The molecule has 1 rings (SSSR count). The predicted octanol–water partition coefficient (Wildman–Crippen LogP) is 2.67. The summed E-state index contributed by atoms with van der Waals surface area (Å²) in [6.45, 7) is 14.2. The van der Waals surface area contributed by atoms with Gasteiger partial charge in [0.2, 0.25) is 0 Å². The molecule has 0 aromatic carbocycles. The van der Waals surface area contributed by atoms with E-state index in [0.717, 1.165) is 0 Å². The molecule has 0 radical (unpaired) electrons. The number of rotatable bonds is 1. The quantitative estimate of drug-likeness (QED) is 0.698. The number of hydrogen-bond donors (Lipinski definition) is 0. The fourth-order valence-electron chi connectivity index (χ4n) is 1.56. The molecule has 0 aromatic heterocycles. The Morgan fingerprint density at radius 1 is 1.50 bits per heavy atom. The fraction of sp³-hybridized carbons (Fsp3) is 0.750. The van der Waals surface area contributed by atoms with E-state index in [1.165, 1.54) is 0 Å². The van der Waals surface area contributed by atoms with Crippen LogP contribution in [0.25, 0.3) is 0 Å². The van der Waals surface area contributed by atoms with Gasteiger partial charge in [-0.2, -0.15) is 0 Å². The third-order valence-corrected chi connectivity index (χ3v) is 4.88. The average molecular weight is 293 g/mol. The van der Waals surface area contributed by atoms with E-state index in [2.05, 4.69) is 11.6 Å². The zero-order valence-corrected chi connectivity index (χ0v) is 13.2. The summed E-state index contributed by atoms with van der Waals surface area (Å²) >= 11 is 4.83. The van der Waals surface area contributed by atoms with Crippen LogP contribution in [-0.4, -0.2) is 37.6 Å². The minimum Gasteiger partial charge on any atom is -0.597 e. The number of allylic oxidation sites excluding steroid dienone is 1. The molecule has 0 saturated heterocycles. The SMILES string of the molecule is C=C1OCCN([S+]([O-])C(C)(C)C)C(C)(C)N=C1Cl. The van der Waals surface area contributed by atoms with Gasteiger partial charge in [-0.05, 0) is 34.6 Å². The molecule has 1 aliphatic heterocycles. The molecule has 1 aliphatic rings. The van der Waals surface area contributed by atoms with E-state index >= 15 is 0 Å². The van der Waals surface area contributed by atoms with Gasteiger partial charge < -0.3 is 9.29 Å². The molecule has 0 spiro atoms. The van der Waals surface area contributed by atoms with Gasteiger partial charge in [-0.1, -0.05) is 22.5 Å². The third kappa shape index (κ3) is 3.63. The first-order valence-corrected chi connectivity index (χ1v) is 7.31. The zero-order valence-electron chi connectivity index (χ0n) is 11.6. The molecule has 0 bridgehead atoms. The Morgan fingerprint density at radius 2 is 2.06 bits per heavy atom. The first kappa shape index (κ1) is 15.8. The Labute approximate surface area is 117 Å². The number of ether oxygens (including phenoxy) is 1. The molecule has 6 heteroatoms. The molecule has 1 atom stereocenters. The van der Waals surface area contributed by atoms with Crippen LogP contribution >= 0.6 is 11.6 Å². The second-order valence-corrected chi connectivity index (χ2v) is 8.15. The van der Waals surface area contributed by atoms with Crippen molar-refractivity contribution in [2.24, 2.45) is 4.99 Å². The van der Waals surface area contributed by atoms with Crippen LogP contribution in [0, 0.1) is 0 Å². The van der Waals surface area contributed by atoms with Gasteiger partial charge in [0.05, 0.1) is 6.54 Å². The van der Waals surface area contributed by atoms with Gasteiger partial charge in [0, 0.05) is 11.4 Å². The van der Waals surface area contributed by atoms with E-state index in [1.807, 2.05) is 38.9 Å². The fourth-order valence-corrected chi connectivity index (χ4v) is 3.17. The number of aliphatic imine (C=N–C) groups is 1. The van der Waals surface area contributed by atoms with Crippen LogP contribution in [0.3, 0.4) is 0 Å². The van der Waals surface area contributed by atoms with Gasteiger partial charge in [0.15, 0.2) is 10.8 Å². The van der Waals surface area contributed by atoms with E-state index < -0.39 is 17.0 Å². The van der Waals surface area contributed by atoms with Crippen LogP contribution in [-0.2, 0) is 16.1 Å². The maximum atomic E-state index is 12.5. The van der Waals surface area contributed by atoms with Gasteiger partial charge in [0.25, 0.3) is 0 Å². The molecule has 0 fully saturated rings. The van der Waals surface area contributed by atoms with Gasteiger partial charge in [-0.15, -0.1) is 0 Å². The summed E-state index contributed by atoms with van der Waals surface area (Å²) in [5, 5.41) is 0.232. The molecule has 1 heterocycles. The highest BCUT2D eigenvalue weighted by molar-refractivity contribution is 7.90. The molecule has 0 N–H and O–H groups in total. The maximum Gasteiger partial charge on any atom is 0.167 e. The Hall–Kier alpha value is -0.230. The van der Waals surface area contributed by atoms with Gasteiger partial charge in [0.1, 0.15) is 17.1 Å². The van der Waals surface area contributed by atoms with Crippen molar-refractivity contribution in [3.8, 4) is 0 Å². The third-order valence-electron chi connectivity index (χ3n) is 2.51. The Kier molecular flexibility index (Phi) is 4.76. The summed E-state index contributed by atoms with van der Waals surface area (Å²) in [5.41, 5.74) is -0.651. The van der Waals surface area contributed by atoms with Crippen molar-refractivity contribution < 1.29 is 9.29 Å². The monoisotopic (exact) mass is 292 g/mol. The highest BCUT2D eigenvalue weighted by atomic mass is 35.5. The van der Waals surface area contributed by atoms with E-state index in [0.29, 0.717) is 18.9 Å². The molecule has 0 saturated carbocycles. The Bertz CT molecular complexity index is 364. The molecule has 4 nitrogen and oxygen atoms in total. The lowest BCUT2D eigenvalue weighted by Crippen LogP contribution is -2.54. The smallest absolute Gasteiger partial charge is 0.167 e. The number of hydrogen-bond acceptors (Lipinski definition) is 4. The lowest BCUT2D eigenvalue weighted by atomic mass is 10.2. The normalized spacial score (nSPS) is 23.7. The minimum atomic E-state index is -1.18. The number of nitrogens with zero attached hydrogens (tertiary/aromatic N) is 2. The lowest BCUT2D eigenvalue weighted by molar-refractivity contribution is 0.151. The van der Waals surface area contributed by atoms with Crippen molar-refractivity contribution in [2.45, 2.75) is 45.0 Å². The average Bonchev–Trinajstić information content (AvgIpc) is 2.19. The Morgan fingerprint density at radius 3 is 2.56 bits per heavy atom. The Balaban J connectivity index is 3.08. The van der Waals surface area contributed by atoms with Crippen molar-refractivity contribution in [2.75, 3.05) is 13.2 Å². The van der Waals surface area contributed by atoms with Crippen LogP contribution < -0.4 is 0 Å². The van der Waals surface area contributed by atoms with Crippen molar-refractivity contribution >= 4 is 28.1 Å². The summed E-state index contributed by atoms with van der Waals surface area (Å²) < 4.78 is 19.3. The topological polar surface area (TPSA) is 47.9 Å². The molecular formula is C12H21ClN2O2S. The van der Waals surface area contributed by atoms with Crippen LogP contribution in [0.15, 0.2) is 17.3 Å². The first-order valence-electron chi connectivity index (χ1n) is 5.83. The van der Waals surface area contributed by atoms with Crippen LogP contribution in [0.4, 0.5) is 0 Å². The second kappa shape index (κ2) is 5.41. The van der Waals surface area contributed by atoms with Gasteiger partial charge in [-0.3, -0.25) is 0 Å².